The molecule has 1 saturated carbocycles. The van der Waals surface area contributed by atoms with E-state index in [1.54, 1.807) is 12.0 Å². The third kappa shape index (κ3) is 6.09. The van der Waals surface area contributed by atoms with E-state index >= 15 is 0 Å². The van der Waals surface area contributed by atoms with E-state index in [-0.39, 0.29) is 12.0 Å². The molecule has 0 aromatic heterocycles. The van der Waals surface area contributed by atoms with Crippen LogP contribution in [0, 0.1) is 5.92 Å². The van der Waals surface area contributed by atoms with Crippen molar-refractivity contribution in [1.82, 2.24) is 9.62 Å². The Labute approximate surface area is 204 Å². The number of piperidine rings is 1. The van der Waals surface area contributed by atoms with Gasteiger partial charge in [-0.15, -0.1) is 0 Å². The van der Waals surface area contributed by atoms with E-state index in [2.05, 4.69) is 4.72 Å². The summed E-state index contributed by atoms with van der Waals surface area (Å²) in [5.74, 6) is 0.831. The number of nitrogens with one attached hydrogen (secondary N) is 1. The van der Waals surface area contributed by atoms with E-state index in [1.165, 1.54) is 6.42 Å². The molecule has 1 aromatic rings. The van der Waals surface area contributed by atoms with Crippen molar-refractivity contribution in [2.24, 2.45) is 5.92 Å². The summed E-state index contributed by atoms with van der Waals surface area (Å²) in [6, 6.07) is 3.72. The molecule has 1 unspecified atom stereocenters. The Morgan fingerprint density at radius 3 is 2.39 bits per heavy atom. The van der Waals surface area contributed by atoms with Crippen molar-refractivity contribution in [2.75, 3.05) is 26.8 Å². The van der Waals surface area contributed by atoms with Crippen LogP contribution in [0.1, 0.15) is 76.0 Å². The summed E-state index contributed by atoms with van der Waals surface area (Å²) in [5.41, 5.74) is 1.99. The van der Waals surface area contributed by atoms with Crippen molar-refractivity contribution < 1.29 is 24.0 Å². The van der Waals surface area contributed by atoms with Crippen LogP contribution in [0.15, 0.2) is 12.1 Å². The molecule has 2 fully saturated rings. The summed E-state index contributed by atoms with van der Waals surface area (Å²) in [6.07, 6.45) is 3.40. The molecule has 3 N–H and O–H groups in total. The van der Waals surface area contributed by atoms with Crippen molar-refractivity contribution in [3.8, 4) is 5.75 Å². The Morgan fingerprint density at radius 2 is 1.91 bits per heavy atom. The van der Waals surface area contributed by atoms with E-state index in [9.17, 15) is 14.1 Å². The van der Waals surface area contributed by atoms with Crippen LogP contribution in [0.2, 0.25) is 5.02 Å². The summed E-state index contributed by atoms with van der Waals surface area (Å²) in [4.78, 5) is 13.9. The zero-order valence-corrected chi connectivity index (χ0v) is 21.5. The molecule has 7 nitrogen and oxygen atoms in total. The number of nitrogens with zero attached hydrogens (tertiary/aromatic N) is 1. The van der Waals surface area contributed by atoms with Gasteiger partial charge in [-0.25, -0.2) is 8.93 Å². The van der Waals surface area contributed by atoms with Gasteiger partial charge in [0.05, 0.1) is 35.5 Å². The Kier molecular flexibility index (Phi) is 8.83. The second-order valence-electron chi connectivity index (χ2n) is 10.1. The summed E-state index contributed by atoms with van der Waals surface area (Å²) >= 11 is 6.73. The van der Waals surface area contributed by atoms with Gasteiger partial charge >= 0.3 is 0 Å². The lowest BCUT2D eigenvalue weighted by molar-refractivity contribution is -0.143. The minimum Gasteiger partial charge on any atom is -0.496 e. The van der Waals surface area contributed by atoms with Crippen LogP contribution in [0.3, 0.4) is 0 Å². The smallest absolute Gasteiger partial charge is 0.253 e. The molecule has 9 heteroatoms. The van der Waals surface area contributed by atoms with E-state index in [0.717, 1.165) is 29.7 Å². The highest BCUT2D eigenvalue weighted by Crippen LogP contribution is 2.45. The van der Waals surface area contributed by atoms with Crippen LogP contribution in [0.4, 0.5) is 0 Å². The monoisotopic (exact) mass is 500 g/mol. The molecule has 186 valence electrons. The number of halogens is 1. The zero-order chi connectivity index (χ0) is 24.3. The minimum absolute atomic E-state index is 0.0890. The SMILES string of the molecule is COc1cc(C2CCC2)c(Cl)cc1[C@H](NS(=O)C(C)(C)C)C1CCN(C(=O)[C@H](O)CO)CC1. The fraction of sp³-hybridized carbons (Fsp3) is 0.708. The number of aliphatic hydroxyl groups excluding tert-OH is 2. The van der Waals surface area contributed by atoms with Gasteiger partial charge in [0.15, 0.2) is 6.10 Å². The molecule has 1 aromatic carbocycles. The number of methoxy groups -OCH3 is 1. The van der Waals surface area contributed by atoms with E-state index < -0.39 is 34.4 Å². The number of aliphatic hydroxyl groups is 2. The molecular formula is C24H37ClN2O5S. The molecule has 1 aliphatic heterocycles. The van der Waals surface area contributed by atoms with Gasteiger partial charge in [0.1, 0.15) is 5.75 Å². The van der Waals surface area contributed by atoms with Gasteiger partial charge in [0.2, 0.25) is 0 Å². The minimum atomic E-state index is -1.39. The molecule has 2 aliphatic rings. The maximum Gasteiger partial charge on any atom is 0.253 e. The van der Waals surface area contributed by atoms with Gasteiger partial charge in [-0.2, -0.15) is 0 Å². The summed E-state index contributed by atoms with van der Waals surface area (Å²) < 4.78 is 21.8. The Bertz CT molecular complexity index is 863. The molecule has 1 heterocycles. The number of hydrogen-bond donors (Lipinski definition) is 3. The zero-order valence-electron chi connectivity index (χ0n) is 20.0. The highest BCUT2D eigenvalue weighted by molar-refractivity contribution is 7.84. The average molecular weight is 501 g/mol. The maximum atomic E-state index is 13.1. The average Bonchev–Trinajstić information content (AvgIpc) is 2.75. The lowest BCUT2D eigenvalue weighted by Gasteiger charge is -2.38. The van der Waals surface area contributed by atoms with Gasteiger partial charge in [-0.05, 0) is 76.0 Å². The quantitative estimate of drug-likeness (QED) is 0.508. The first-order chi connectivity index (χ1) is 15.6. The van der Waals surface area contributed by atoms with Crippen molar-refractivity contribution >= 4 is 28.5 Å². The van der Waals surface area contributed by atoms with Crippen molar-refractivity contribution in [3.63, 3.8) is 0 Å². The summed E-state index contributed by atoms with van der Waals surface area (Å²) in [5, 5.41) is 19.5. The molecule has 33 heavy (non-hydrogen) atoms. The summed E-state index contributed by atoms with van der Waals surface area (Å²) in [7, 11) is 0.326. The number of amides is 1. The predicted octanol–water partition coefficient (Wildman–Crippen LogP) is 3.30. The molecule has 1 saturated heterocycles. The first kappa shape index (κ1) is 26.4. The molecule has 3 rings (SSSR count). The Hall–Kier alpha value is -1.19. The maximum absolute atomic E-state index is 13.1. The van der Waals surface area contributed by atoms with Crippen LogP contribution in [-0.4, -0.2) is 62.9 Å². The van der Waals surface area contributed by atoms with Crippen molar-refractivity contribution in [1.29, 1.82) is 0 Å². The molecule has 0 bridgehead atoms. The van der Waals surface area contributed by atoms with Gasteiger partial charge < -0.3 is 19.8 Å². The van der Waals surface area contributed by atoms with Crippen LogP contribution < -0.4 is 9.46 Å². The Balaban J connectivity index is 1.89. The molecular weight excluding hydrogens is 464 g/mol. The Morgan fingerprint density at radius 1 is 1.27 bits per heavy atom. The van der Waals surface area contributed by atoms with Gasteiger partial charge in [0.25, 0.3) is 5.91 Å². The highest BCUT2D eigenvalue weighted by atomic mass is 35.5. The predicted molar refractivity (Wildman–Crippen MR) is 131 cm³/mol. The number of rotatable bonds is 8. The van der Waals surface area contributed by atoms with E-state index in [1.807, 2.05) is 32.9 Å². The number of benzene rings is 1. The topological polar surface area (TPSA) is 99.1 Å². The molecule has 3 atom stereocenters. The van der Waals surface area contributed by atoms with Crippen LogP contribution in [0.5, 0.6) is 5.75 Å². The second-order valence-corrected chi connectivity index (χ2v) is 12.5. The third-order valence-electron chi connectivity index (χ3n) is 6.80. The van der Waals surface area contributed by atoms with Crippen LogP contribution in [0.25, 0.3) is 0 Å². The number of carbonyl (C=O) groups excluding carboxylic acids is 1. The van der Waals surface area contributed by atoms with E-state index in [0.29, 0.717) is 36.9 Å². The van der Waals surface area contributed by atoms with Gasteiger partial charge in [-0.3, -0.25) is 4.79 Å². The van der Waals surface area contributed by atoms with E-state index in [4.69, 9.17) is 21.4 Å². The van der Waals surface area contributed by atoms with Crippen molar-refractivity contribution in [2.45, 2.75) is 75.7 Å². The fourth-order valence-electron chi connectivity index (χ4n) is 4.48. The van der Waals surface area contributed by atoms with Gasteiger partial charge in [-0.1, -0.05) is 18.0 Å². The normalized spacial score (nSPS) is 20.8. The first-order valence-electron chi connectivity index (χ1n) is 11.7. The second kappa shape index (κ2) is 11.0. The first-order valence-corrected chi connectivity index (χ1v) is 13.2. The third-order valence-corrected chi connectivity index (χ3v) is 8.71. The van der Waals surface area contributed by atoms with Crippen LogP contribution >= 0.6 is 11.6 Å². The lowest BCUT2D eigenvalue weighted by Crippen LogP contribution is -2.47. The largest absolute Gasteiger partial charge is 0.496 e. The number of likely N-dealkylation sites (tertiary alicyclic amines) is 1. The number of hydrogen-bond acceptors (Lipinski definition) is 5. The summed E-state index contributed by atoms with van der Waals surface area (Å²) in [6.45, 7) is 6.10. The van der Waals surface area contributed by atoms with Gasteiger partial charge in [0, 0.05) is 23.7 Å². The number of ether oxygens (including phenoxy) is 1. The molecule has 0 spiro atoms. The fourth-order valence-corrected chi connectivity index (χ4v) is 5.71. The highest BCUT2D eigenvalue weighted by Gasteiger charge is 2.36. The molecule has 0 radical (unpaired) electrons. The molecule has 1 amide bonds. The molecule has 1 aliphatic carbocycles. The standard InChI is InChI=1S/C24H37ClN2O5S/c1-24(2,3)33(31)26-22(16-8-10-27(11-9-16)23(30)20(29)14-28)18-12-19(25)17(13-21(18)32-4)15-6-5-7-15/h12-13,15-16,20,22,26,28-29H,5-11,14H2,1-4H3/t20-,22-,33?/m1/s1. The lowest BCUT2D eigenvalue weighted by atomic mass is 9.78. The van der Waals surface area contributed by atoms with Crippen molar-refractivity contribution in [3.05, 3.63) is 28.3 Å². The van der Waals surface area contributed by atoms with Crippen LogP contribution in [-0.2, 0) is 15.8 Å². The number of carbonyl (C=O) groups is 1.